The van der Waals surface area contributed by atoms with Gasteiger partial charge in [-0.1, -0.05) is 15.9 Å². The van der Waals surface area contributed by atoms with Crippen LogP contribution in [0.3, 0.4) is 0 Å². The normalized spacial score (nSPS) is 16.8. The van der Waals surface area contributed by atoms with Crippen LogP contribution in [-0.2, 0) is 4.79 Å². The van der Waals surface area contributed by atoms with E-state index in [0.717, 1.165) is 0 Å². The third-order valence-corrected chi connectivity index (χ3v) is 1.56. The highest BCUT2D eigenvalue weighted by atomic mass is 79.9. The van der Waals surface area contributed by atoms with E-state index in [0.29, 0.717) is 0 Å². The quantitative estimate of drug-likeness (QED) is 0.519. The number of carboxylic acid groups (broad SMARTS) is 1. The summed E-state index contributed by atoms with van der Waals surface area (Å²) in [6.45, 7) is -0.395. The van der Waals surface area contributed by atoms with Crippen molar-refractivity contribution in [2.75, 3.05) is 6.61 Å². The zero-order chi connectivity index (χ0) is 7.44. The minimum atomic E-state index is -1.53. The molecule has 4 nitrogen and oxygen atoms in total. The lowest BCUT2D eigenvalue weighted by Crippen LogP contribution is -2.31. The average molecular weight is 199 g/mol. The Labute approximate surface area is 60.2 Å². The minimum Gasteiger partial charge on any atom is -0.479 e. The molecule has 0 aromatic carbocycles. The van der Waals surface area contributed by atoms with Gasteiger partial charge in [0.05, 0.1) is 11.4 Å². The van der Waals surface area contributed by atoms with Gasteiger partial charge in [-0.3, -0.25) is 0 Å². The minimum absolute atomic E-state index is 0.395. The van der Waals surface area contributed by atoms with Crippen molar-refractivity contribution in [1.29, 1.82) is 0 Å². The predicted octanol–water partition coefficient (Wildman–Crippen LogP) is -0.812. The van der Waals surface area contributed by atoms with Crippen molar-refractivity contribution in [3.05, 3.63) is 0 Å². The molecule has 0 spiro atoms. The molecule has 0 amide bonds. The highest BCUT2D eigenvalue weighted by molar-refractivity contribution is 9.09. The Morgan fingerprint density at radius 1 is 1.67 bits per heavy atom. The molecule has 0 heterocycles. The number of aliphatic hydroxyl groups excluding tert-OH is 2. The van der Waals surface area contributed by atoms with E-state index >= 15 is 0 Å². The van der Waals surface area contributed by atoms with Crippen molar-refractivity contribution in [3.63, 3.8) is 0 Å². The van der Waals surface area contributed by atoms with E-state index in [1.165, 1.54) is 0 Å². The maximum absolute atomic E-state index is 9.91. The van der Waals surface area contributed by atoms with Crippen LogP contribution in [0, 0.1) is 0 Å². The Balaban J connectivity index is 3.72. The van der Waals surface area contributed by atoms with E-state index in [2.05, 4.69) is 15.9 Å². The molecule has 0 rings (SSSR count). The Morgan fingerprint density at radius 2 is 2.11 bits per heavy atom. The van der Waals surface area contributed by atoms with E-state index in [9.17, 15) is 4.79 Å². The van der Waals surface area contributed by atoms with E-state index < -0.39 is 23.5 Å². The number of rotatable bonds is 3. The molecule has 0 aromatic heterocycles. The number of aliphatic hydroxyl groups is 2. The third kappa shape index (κ3) is 2.78. The van der Waals surface area contributed by atoms with Crippen LogP contribution in [-0.4, -0.2) is 38.8 Å². The van der Waals surface area contributed by atoms with Crippen LogP contribution < -0.4 is 0 Å². The highest BCUT2D eigenvalue weighted by Gasteiger charge is 2.21. The van der Waals surface area contributed by atoms with E-state index in [4.69, 9.17) is 15.3 Å². The second-order valence-corrected chi connectivity index (χ2v) is 2.66. The van der Waals surface area contributed by atoms with Crippen molar-refractivity contribution >= 4 is 21.9 Å². The molecule has 9 heavy (non-hydrogen) atoms. The fraction of sp³-hybridized carbons (Fsp3) is 0.750. The SMILES string of the molecule is O=C(O)C(O)C(Br)CO. The molecule has 0 aromatic rings. The highest BCUT2D eigenvalue weighted by Crippen LogP contribution is 2.03. The molecule has 5 heteroatoms. The van der Waals surface area contributed by atoms with Gasteiger partial charge < -0.3 is 15.3 Å². The number of hydrogen-bond donors (Lipinski definition) is 3. The van der Waals surface area contributed by atoms with Crippen molar-refractivity contribution in [1.82, 2.24) is 0 Å². The molecular formula is C4H7BrO4. The Hall–Kier alpha value is -0.130. The van der Waals surface area contributed by atoms with Gasteiger partial charge in [-0.25, -0.2) is 4.79 Å². The molecule has 0 fully saturated rings. The number of aliphatic carboxylic acids is 1. The molecule has 0 saturated carbocycles. The molecule has 54 valence electrons. The summed E-state index contributed by atoms with van der Waals surface area (Å²) in [5.74, 6) is -1.34. The van der Waals surface area contributed by atoms with Gasteiger partial charge in [-0.15, -0.1) is 0 Å². The Kier molecular flexibility index (Phi) is 3.76. The third-order valence-electron chi connectivity index (χ3n) is 0.770. The van der Waals surface area contributed by atoms with Gasteiger partial charge in [-0.05, 0) is 0 Å². The molecule has 2 unspecified atom stereocenters. The second-order valence-electron chi connectivity index (χ2n) is 1.48. The van der Waals surface area contributed by atoms with Gasteiger partial charge in [0.25, 0.3) is 0 Å². The summed E-state index contributed by atoms with van der Waals surface area (Å²) in [7, 11) is 0. The van der Waals surface area contributed by atoms with E-state index in [-0.39, 0.29) is 0 Å². The van der Waals surface area contributed by atoms with Crippen LogP contribution in [0.1, 0.15) is 0 Å². The molecule has 0 bridgehead atoms. The number of alkyl halides is 1. The van der Waals surface area contributed by atoms with Crippen molar-refractivity contribution in [3.8, 4) is 0 Å². The molecule has 0 radical (unpaired) electrons. The Bertz CT molecular complexity index is 105. The number of carboxylic acids is 1. The number of carbonyl (C=O) groups is 1. The van der Waals surface area contributed by atoms with Gasteiger partial charge in [0.2, 0.25) is 0 Å². The maximum Gasteiger partial charge on any atom is 0.333 e. The van der Waals surface area contributed by atoms with Gasteiger partial charge >= 0.3 is 5.97 Å². The van der Waals surface area contributed by atoms with Crippen LogP contribution in [0.15, 0.2) is 0 Å². The first kappa shape index (κ1) is 8.87. The lowest BCUT2D eigenvalue weighted by molar-refractivity contribution is -0.146. The number of hydrogen-bond acceptors (Lipinski definition) is 3. The van der Waals surface area contributed by atoms with Gasteiger partial charge in [0, 0.05) is 0 Å². The van der Waals surface area contributed by atoms with Crippen LogP contribution in [0.2, 0.25) is 0 Å². The predicted molar refractivity (Wildman–Crippen MR) is 33.4 cm³/mol. The largest absolute Gasteiger partial charge is 0.479 e. The average Bonchev–Trinajstić information content (AvgIpc) is 1.84. The molecule has 0 aliphatic heterocycles. The van der Waals surface area contributed by atoms with Crippen molar-refractivity contribution in [2.45, 2.75) is 10.9 Å². The topological polar surface area (TPSA) is 77.8 Å². The molecule has 0 aliphatic carbocycles. The monoisotopic (exact) mass is 198 g/mol. The molecule has 0 saturated heterocycles. The van der Waals surface area contributed by atoms with Crippen LogP contribution in [0.5, 0.6) is 0 Å². The first-order valence-electron chi connectivity index (χ1n) is 2.25. The molecule has 0 aliphatic rings. The van der Waals surface area contributed by atoms with Crippen LogP contribution in [0.25, 0.3) is 0 Å². The molecular weight excluding hydrogens is 192 g/mol. The zero-order valence-electron chi connectivity index (χ0n) is 4.49. The van der Waals surface area contributed by atoms with Gasteiger partial charge in [-0.2, -0.15) is 0 Å². The maximum atomic E-state index is 9.91. The van der Waals surface area contributed by atoms with Crippen molar-refractivity contribution < 1.29 is 20.1 Å². The summed E-state index contributed by atoms with van der Waals surface area (Å²) >= 11 is 2.76. The molecule has 2 atom stereocenters. The first-order chi connectivity index (χ1) is 4.09. The van der Waals surface area contributed by atoms with Crippen LogP contribution >= 0.6 is 15.9 Å². The van der Waals surface area contributed by atoms with Crippen molar-refractivity contribution in [2.24, 2.45) is 0 Å². The first-order valence-corrected chi connectivity index (χ1v) is 3.17. The van der Waals surface area contributed by atoms with Gasteiger partial charge in [0.1, 0.15) is 0 Å². The van der Waals surface area contributed by atoms with Gasteiger partial charge in [0.15, 0.2) is 6.10 Å². The van der Waals surface area contributed by atoms with Crippen LogP contribution in [0.4, 0.5) is 0 Å². The zero-order valence-corrected chi connectivity index (χ0v) is 6.08. The summed E-state index contributed by atoms with van der Waals surface area (Å²) in [5.41, 5.74) is 0. The Morgan fingerprint density at radius 3 is 2.22 bits per heavy atom. The van der Waals surface area contributed by atoms with E-state index in [1.807, 2.05) is 0 Å². The lowest BCUT2D eigenvalue weighted by atomic mass is 10.3. The smallest absolute Gasteiger partial charge is 0.333 e. The fourth-order valence-electron chi connectivity index (χ4n) is 0.255. The number of halogens is 1. The molecule has 3 N–H and O–H groups in total. The second kappa shape index (κ2) is 3.81. The summed E-state index contributed by atoms with van der Waals surface area (Å²) in [6.07, 6.45) is -1.53. The fourth-order valence-corrected chi connectivity index (χ4v) is 0.481. The van der Waals surface area contributed by atoms with E-state index in [1.54, 1.807) is 0 Å². The summed E-state index contributed by atoms with van der Waals surface area (Å²) in [6, 6.07) is 0. The lowest BCUT2D eigenvalue weighted by Gasteiger charge is -2.08. The summed E-state index contributed by atoms with van der Waals surface area (Å²) < 4.78 is 0. The summed E-state index contributed by atoms with van der Waals surface area (Å²) in [4.78, 5) is 9.13. The standard InChI is InChI=1S/C4H7BrO4/c5-2(1-6)3(7)4(8)9/h2-3,6-7H,1H2,(H,8,9). The summed E-state index contributed by atoms with van der Waals surface area (Å²) in [5, 5.41) is 25.0.